The van der Waals surface area contributed by atoms with Crippen molar-refractivity contribution >= 4 is 27.5 Å². The number of likely N-dealkylation sites (N-methyl/N-ethyl adjacent to an activating group) is 1. The van der Waals surface area contributed by atoms with E-state index in [1.807, 2.05) is 6.92 Å². The van der Waals surface area contributed by atoms with Crippen molar-refractivity contribution in [3.05, 3.63) is 40.8 Å². The molecule has 1 rings (SSSR count). The Morgan fingerprint density at radius 1 is 1.59 bits per heavy atom. The van der Waals surface area contributed by atoms with E-state index in [2.05, 4.69) is 15.9 Å². The lowest BCUT2D eigenvalue weighted by Gasteiger charge is -2.17. The number of benzene rings is 1. The first-order valence-corrected chi connectivity index (χ1v) is 5.87. The third-order valence-electron chi connectivity index (χ3n) is 2.10. The summed E-state index contributed by atoms with van der Waals surface area (Å²) in [6.45, 7) is 2.32. The molecule has 0 saturated carbocycles. The Morgan fingerprint density at radius 2 is 2.29 bits per heavy atom. The molecule has 0 atom stereocenters. The number of rotatable bonds is 4. The Morgan fingerprint density at radius 3 is 2.94 bits per heavy atom. The number of hydrogen-bond acceptors (Lipinski definition) is 2. The molecular weight excluding hydrogens is 289 g/mol. The average molecular weight is 302 g/mol. The lowest BCUT2D eigenvalue weighted by atomic mass is 10.3. The predicted octanol–water partition coefficient (Wildman–Crippen LogP) is 3.10. The van der Waals surface area contributed by atoms with Gasteiger partial charge in [-0.1, -0.05) is 6.07 Å². The molecule has 92 valence electrons. The van der Waals surface area contributed by atoms with Gasteiger partial charge in [0.05, 0.1) is 23.0 Å². The Labute approximate surface area is 108 Å². The van der Waals surface area contributed by atoms with Gasteiger partial charge in [-0.25, -0.2) is 4.39 Å². The summed E-state index contributed by atoms with van der Waals surface area (Å²) in [5, 5.41) is 0. The lowest BCUT2D eigenvalue weighted by Crippen LogP contribution is -2.24. The number of halogens is 2. The van der Waals surface area contributed by atoms with Crippen LogP contribution < -0.4 is 4.90 Å². The van der Waals surface area contributed by atoms with Crippen molar-refractivity contribution in [2.75, 3.05) is 18.6 Å². The third kappa shape index (κ3) is 3.56. The molecule has 0 bridgehead atoms. The highest BCUT2D eigenvalue weighted by Crippen LogP contribution is 2.27. The van der Waals surface area contributed by atoms with Crippen molar-refractivity contribution in [1.82, 2.24) is 0 Å². The first kappa shape index (κ1) is 13.7. The van der Waals surface area contributed by atoms with Gasteiger partial charge >= 0.3 is 0 Å². The minimum Gasteiger partial charge on any atom is -0.501 e. The number of ether oxygens (including phenoxy) is 1. The molecule has 5 heteroatoms. The molecule has 3 nitrogen and oxygen atoms in total. The molecule has 1 amide bonds. The molecule has 1 aromatic rings. The van der Waals surface area contributed by atoms with Crippen LogP contribution in [0.5, 0.6) is 0 Å². The number of carbonyl (C=O) groups excluding carboxylic acids is 1. The number of anilines is 1. The highest BCUT2D eigenvalue weighted by molar-refractivity contribution is 9.10. The molecule has 0 aliphatic rings. The van der Waals surface area contributed by atoms with Crippen molar-refractivity contribution < 1.29 is 13.9 Å². The molecule has 0 fully saturated rings. The highest BCUT2D eigenvalue weighted by Gasteiger charge is 2.13. The number of hydrogen-bond donors (Lipinski definition) is 0. The number of amides is 1. The van der Waals surface area contributed by atoms with E-state index in [1.54, 1.807) is 19.2 Å². The van der Waals surface area contributed by atoms with E-state index < -0.39 is 5.82 Å². The van der Waals surface area contributed by atoms with Crippen LogP contribution in [0.4, 0.5) is 10.1 Å². The van der Waals surface area contributed by atoms with E-state index in [0.717, 1.165) is 0 Å². The largest absolute Gasteiger partial charge is 0.501 e. The van der Waals surface area contributed by atoms with Gasteiger partial charge in [0.25, 0.3) is 5.91 Å². The predicted molar refractivity (Wildman–Crippen MR) is 68.3 cm³/mol. The summed E-state index contributed by atoms with van der Waals surface area (Å²) in [7, 11) is 1.57. The summed E-state index contributed by atoms with van der Waals surface area (Å²) in [4.78, 5) is 13.0. The van der Waals surface area contributed by atoms with E-state index >= 15 is 0 Å². The monoisotopic (exact) mass is 301 g/mol. The molecular formula is C12H13BrFNO2. The van der Waals surface area contributed by atoms with E-state index in [4.69, 9.17) is 4.74 Å². The van der Waals surface area contributed by atoms with Gasteiger partial charge in [0.1, 0.15) is 5.82 Å². The number of carbonyl (C=O) groups is 1. The quantitative estimate of drug-likeness (QED) is 0.632. The highest BCUT2D eigenvalue weighted by atomic mass is 79.9. The van der Waals surface area contributed by atoms with Crippen LogP contribution >= 0.6 is 15.9 Å². The molecule has 0 saturated heterocycles. The summed E-state index contributed by atoms with van der Waals surface area (Å²) >= 11 is 3.11. The van der Waals surface area contributed by atoms with Crippen LogP contribution in [0, 0.1) is 5.82 Å². The zero-order valence-electron chi connectivity index (χ0n) is 9.61. The molecule has 1 aromatic carbocycles. The van der Waals surface area contributed by atoms with Gasteiger partial charge in [-0.05, 0) is 35.0 Å². The van der Waals surface area contributed by atoms with Gasteiger partial charge < -0.3 is 9.64 Å². The van der Waals surface area contributed by atoms with E-state index in [9.17, 15) is 9.18 Å². The molecule has 0 unspecified atom stereocenters. The molecule has 0 N–H and O–H groups in total. The molecule has 17 heavy (non-hydrogen) atoms. The normalized spacial score (nSPS) is 10.6. The van der Waals surface area contributed by atoms with E-state index in [1.165, 1.54) is 23.3 Å². The zero-order valence-corrected chi connectivity index (χ0v) is 11.2. The van der Waals surface area contributed by atoms with Gasteiger partial charge in [0.15, 0.2) is 0 Å². The van der Waals surface area contributed by atoms with Gasteiger partial charge in [-0.2, -0.15) is 0 Å². The summed E-state index contributed by atoms with van der Waals surface area (Å²) < 4.78 is 18.5. The van der Waals surface area contributed by atoms with Crippen molar-refractivity contribution in [2.24, 2.45) is 0 Å². The maximum atomic E-state index is 13.3. The maximum absolute atomic E-state index is 13.3. The molecule has 0 aliphatic carbocycles. The summed E-state index contributed by atoms with van der Waals surface area (Å²) in [6.07, 6.45) is 2.62. The minimum atomic E-state index is -0.407. The van der Waals surface area contributed by atoms with Crippen LogP contribution in [-0.4, -0.2) is 19.6 Å². The van der Waals surface area contributed by atoms with Crippen LogP contribution in [-0.2, 0) is 9.53 Å². The standard InChI is InChI=1S/C12H13BrFNO2/c1-3-17-8-7-11(16)15(2)10-6-4-5-9(14)12(10)13/h4-8H,3H2,1-2H3/b8-7+. The van der Waals surface area contributed by atoms with Crippen LogP contribution in [0.25, 0.3) is 0 Å². The molecule has 0 radical (unpaired) electrons. The molecule has 0 heterocycles. The van der Waals surface area contributed by atoms with Gasteiger partial charge in [-0.3, -0.25) is 4.79 Å². The topological polar surface area (TPSA) is 29.5 Å². The first-order valence-electron chi connectivity index (χ1n) is 5.07. The fourth-order valence-corrected chi connectivity index (χ4v) is 1.71. The third-order valence-corrected chi connectivity index (χ3v) is 2.88. The van der Waals surface area contributed by atoms with Gasteiger partial charge in [0, 0.05) is 13.1 Å². The molecule has 0 spiro atoms. The number of nitrogens with zero attached hydrogens (tertiary/aromatic N) is 1. The van der Waals surface area contributed by atoms with E-state index in [0.29, 0.717) is 12.3 Å². The second-order valence-corrected chi connectivity index (χ2v) is 4.02. The Kier molecular flexibility index (Phi) is 5.15. The van der Waals surface area contributed by atoms with Crippen molar-refractivity contribution in [3.8, 4) is 0 Å². The van der Waals surface area contributed by atoms with Crippen LogP contribution in [0.3, 0.4) is 0 Å². The zero-order chi connectivity index (χ0) is 12.8. The Bertz CT molecular complexity index is 435. The Hall–Kier alpha value is -1.36. The first-order chi connectivity index (χ1) is 8.07. The van der Waals surface area contributed by atoms with E-state index in [-0.39, 0.29) is 10.4 Å². The fourth-order valence-electron chi connectivity index (χ4n) is 1.18. The van der Waals surface area contributed by atoms with Crippen molar-refractivity contribution in [1.29, 1.82) is 0 Å². The second-order valence-electron chi connectivity index (χ2n) is 3.23. The smallest absolute Gasteiger partial charge is 0.253 e. The minimum absolute atomic E-state index is 0.264. The maximum Gasteiger partial charge on any atom is 0.253 e. The Balaban J connectivity index is 2.85. The fraction of sp³-hybridized carbons (Fsp3) is 0.250. The summed E-state index contributed by atoms with van der Waals surface area (Å²) in [6, 6.07) is 4.52. The van der Waals surface area contributed by atoms with Crippen LogP contribution in [0.1, 0.15) is 6.92 Å². The SMILES string of the molecule is CCO/C=C/C(=O)N(C)c1cccc(F)c1Br. The average Bonchev–Trinajstić information content (AvgIpc) is 2.32. The van der Waals surface area contributed by atoms with Gasteiger partial charge in [-0.15, -0.1) is 0 Å². The summed E-state index contributed by atoms with van der Waals surface area (Å²) in [5.41, 5.74) is 0.469. The van der Waals surface area contributed by atoms with Gasteiger partial charge in [0.2, 0.25) is 0 Å². The summed E-state index contributed by atoms with van der Waals surface area (Å²) in [5.74, 6) is -0.694. The van der Waals surface area contributed by atoms with Crippen LogP contribution in [0.2, 0.25) is 0 Å². The van der Waals surface area contributed by atoms with Crippen molar-refractivity contribution in [2.45, 2.75) is 6.92 Å². The molecule has 0 aromatic heterocycles. The van der Waals surface area contributed by atoms with Crippen LogP contribution in [0.15, 0.2) is 35.0 Å². The second kappa shape index (κ2) is 6.39. The lowest BCUT2D eigenvalue weighted by molar-refractivity contribution is -0.114. The van der Waals surface area contributed by atoms with Crippen molar-refractivity contribution in [3.63, 3.8) is 0 Å². The molecule has 0 aliphatic heterocycles.